The van der Waals surface area contributed by atoms with E-state index >= 15 is 0 Å². The van der Waals surface area contributed by atoms with Crippen LogP contribution in [0.4, 0.5) is 0 Å². The molecule has 0 aliphatic rings. The number of benzene rings is 2. The highest BCUT2D eigenvalue weighted by Gasteiger charge is 2.04. The lowest BCUT2D eigenvalue weighted by Crippen LogP contribution is -2.18. The first-order chi connectivity index (χ1) is 11.1. The van der Waals surface area contributed by atoms with Crippen molar-refractivity contribution < 1.29 is 4.79 Å². The van der Waals surface area contributed by atoms with Gasteiger partial charge in [-0.25, -0.2) is 5.43 Å². The van der Waals surface area contributed by atoms with E-state index in [1.54, 1.807) is 11.8 Å². The molecule has 0 radical (unpaired) electrons. The number of carbonyl (C=O) groups excluding carboxylic acids is 1. The maximum absolute atomic E-state index is 12.0. The van der Waals surface area contributed by atoms with Gasteiger partial charge in [0.1, 0.15) is 0 Å². The summed E-state index contributed by atoms with van der Waals surface area (Å²) in [5.74, 6) is 0.658. The second-order valence-electron chi connectivity index (χ2n) is 5.08. The lowest BCUT2D eigenvalue weighted by Gasteiger charge is -2.05. The molecule has 3 nitrogen and oxygen atoms in total. The van der Waals surface area contributed by atoms with Crippen LogP contribution in [0.5, 0.6) is 0 Å². The molecule has 1 N–H and O–H groups in total. The van der Waals surface area contributed by atoms with Gasteiger partial charge in [-0.05, 0) is 55.3 Å². The van der Waals surface area contributed by atoms with Crippen LogP contribution in [0.2, 0.25) is 5.02 Å². The minimum Gasteiger partial charge on any atom is -0.267 e. The van der Waals surface area contributed by atoms with Crippen molar-refractivity contribution in [3.8, 4) is 0 Å². The number of hydrogen-bond donors (Lipinski definition) is 1. The Hall–Kier alpha value is -1.78. The van der Waals surface area contributed by atoms with Gasteiger partial charge in [0.2, 0.25) is 0 Å². The Morgan fingerprint density at radius 2 is 1.78 bits per heavy atom. The highest BCUT2D eigenvalue weighted by molar-refractivity contribution is 7.98. The second-order valence-corrected chi connectivity index (χ2v) is 6.57. The molecule has 0 bridgehead atoms. The summed E-state index contributed by atoms with van der Waals surface area (Å²) in [6.45, 7) is 3.88. The number of carbonyl (C=O) groups is 1. The van der Waals surface area contributed by atoms with Crippen LogP contribution < -0.4 is 5.43 Å². The lowest BCUT2D eigenvalue weighted by atomic mass is 10.1. The van der Waals surface area contributed by atoms with Crippen molar-refractivity contribution in [2.24, 2.45) is 5.10 Å². The Morgan fingerprint density at radius 3 is 2.39 bits per heavy atom. The first-order valence-electron chi connectivity index (χ1n) is 7.39. The molecule has 0 spiro atoms. The number of amides is 1. The quantitative estimate of drug-likeness (QED) is 0.446. The molecule has 0 heterocycles. The van der Waals surface area contributed by atoms with Gasteiger partial charge in [0.15, 0.2) is 0 Å². The molecule has 120 valence electrons. The summed E-state index contributed by atoms with van der Waals surface area (Å²) in [4.78, 5) is 13.1. The topological polar surface area (TPSA) is 41.5 Å². The molecule has 5 heteroatoms. The summed E-state index contributed by atoms with van der Waals surface area (Å²) >= 11 is 7.61. The van der Waals surface area contributed by atoms with Crippen molar-refractivity contribution >= 4 is 35.0 Å². The van der Waals surface area contributed by atoms with E-state index in [1.807, 2.05) is 62.4 Å². The Balaban J connectivity index is 1.91. The molecule has 2 aromatic rings. The van der Waals surface area contributed by atoms with Crippen molar-refractivity contribution in [2.45, 2.75) is 30.9 Å². The van der Waals surface area contributed by atoms with E-state index in [0.29, 0.717) is 5.56 Å². The zero-order valence-corrected chi connectivity index (χ0v) is 14.7. The summed E-state index contributed by atoms with van der Waals surface area (Å²) in [6, 6.07) is 15.4. The zero-order chi connectivity index (χ0) is 16.7. The molecule has 23 heavy (non-hydrogen) atoms. The zero-order valence-electron chi connectivity index (χ0n) is 13.2. The number of hydrazone groups is 1. The smallest absolute Gasteiger partial charge is 0.267 e. The van der Waals surface area contributed by atoms with Crippen molar-refractivity contribution in [3.05, 3.63) is 64.7 Å². The third-order valence-corrected chi connectivity index (χ3v) is 4.63. The van der Waals surface area contributed by atoms with E-state index in [-0.39, 0.29) is 5.91 Å². The molecule has 0 atom stereocenters. The number of halogens is 1. The fraction of sp³-hybridized carbons (Fsp3) is 0.222. The van der Waals surface area contributed by atoms with Gasteiger partial charge in [-0.1, -0.05) is 30.7 Å². The summed E-state index contributed by atoms with van der Waals surface area (Å²) in [6.07, 6.45) is 0.821. The predicted octanol–water partition coefficient (Wildman–Crippen LogP) is 5.15. The van der Waals surface area contributed by atoms with Gasteiger partial charge < -0.3 is 0 Å². The Labute approximate surface area is 146 Å². The van der Waals surface area contributed by atoms with Crippen LogP contribution in [0.25, 0.3) is 0 Å². The Morgan fingerprint density at radius 1 is 1.13 bits per heavy atom. The van der Waals surface area contributed by atoms with E-state index in [4.69, 9.17) is 11.6 Å². The molecule has 0 aromatic heterocycles. The van der Waals surface area contributed by atoms with E-state index in [0.717, 1.165) is 28.5 Å². The Bertz CT molecular complexity index is 681. The lowest BCUT2D eigenvalue weighted by molar-refractivity contribution is 0.0954. The van der Waals surface area contributed by atoms with Gasteiger partial charge in [-0.15, -0.1) is 11.8 Å². The number of hydrogen-bond acceptors (Lipinski definition) is 3. The van der Waals surface area contributed by atoms with Crippen LogP contribution in [0.15, 0.2) is 58.5 Å². The number of rotatable bonds is 6. The van der Waals surface area contributed by atoms with Gasteiger partial charge in [0.05, 0.1) is 0 Å². The van der Waals surface area contributed by atoms with Gasteiger partial charge >= 0.3 is 0 Å². The summed E-state index contributed by atoms with van der Waals surface area (Å²) < 4.78 is 0. The van der Waals surface area contributed by atoms with E-state index in [2.05, 4.69) is 10.5 Å². The highest BCUT2D eigenvalue weighted by atomic mass is 35.5. The van der Waals surface area contributed by atoms with Crippen LogP contribution in [0.3, 0.4) is 0 Å². The van der Waals surface area contributed by atoms with Gasteiger partial charge in [0, 0.05) is 26.9 Å². The minimum absolute atomic E-state index is 0.185. The maximum Gasteiger partial charge on any atom is 0.271 e. The van der Waals surface area contributed by atoms with Gasteiger partial charge in [0.25, 0.3) is 5.91 Å². The fourth-order valence-electron chi connectivity index (χ4n) is 1.74. The average molecular weight is 347 g/mol. The number of nitrogens with one attached hydrogen (secondary N) is 1. The van der Waals surface area contributed by atoms with Crippen molar-refractivity contribution in [3.63, 3.8) is 0 Å². The molecule has 0 aliphatic heterocycles. The predicted molar refractivity (Wildman–Crippen MR) is 98.3 cm³/mol. The second kappa shape index (κ2) is 8.75. The number of thioether (sulfide) groups is 1. The standard InChI is InChI=1S/C18H19ClN2OS/c1-3-13(2)20-21-18(22)15-6-4-14(5-7-15)12-23-17-10-8-16(19)9-11-17/h4-11H,3,12H2,1-2H3,(H,21,22). The molecular formula is C18H19ClN2OS. The van der Waals surface area contributed by atoms with E-state index < -0.39 is 0 Å². The monoisotopic (exact) mass is 346 g/mol. The van der Waals surface area contributed by atoms with E-state index in [9.17, 15) is 4.79 Å². The van der Waals surface area contributed by atoms with E-state index in [1.165, 1.54) is 4.90 Å². The van der Waals surface area contributed by atoms with Gasteiger partial charge in [-0.3, -0.25) is 4.79 Å². The van der Waals surface area contributed by atoms with Gasteiger partial charge in [-0.2, -0.15) is 5.10 Å². The summed E-state index contributed by atoms with van der Waals surface area (Å²) in [7, 11) is 0. The maximum atomic E-state index is 12.0. The van der Waals surface area contributed by atoms with Crippen molar-refractivity contribution in [1.82, 2.24) is 5.43 Å². The minimum atomic E-state index is -0.185. The average Bonchev–Trinajstić information content (AvgIpc) is 2.59. The van der Waals surface area contributed by atoms with Crippen LogP contribution in [-0.2, 0) is 5.75 Å². The molecule has 2 aromatic carbocycles. The van der Waals surface area contributed by atoms with Crippen LogP contribution >= 0.6 is 23.4 Å². The molecule has 1 amide bonds. The molecular weight excluding hydrogens is 328 g/mol. The summed E-state index contributed by atoms with van der Waals surface area (Å²) in [5, 5.41) is 4.77. The largest absolute Gasteiger partial charge is 0.271 e. The Kier molecular flexibility index (Phi) is 6.68. The number of nitrogens with zero attached hydrogens (tertiary/aromatic N) is 1. The first kappa shape index (κ1) is 17.6. The normalized spacial score (nSPS) is 11.3. The molecule has 0 fully saturated rings. The SMILES string of the molecule is CCC(C)=NNC(=O)c1ccc(CSc2ccc(Cl)cc2)cc1. The van der Waals surface area contributed by atoms with Crippen molar-refractivity contribution in [1.29, 1.82) is 0 Å². The van der Waals surface area contributed by atoms with Crippen molar-refractivity contribution in [2.75, 3.05) is 0 Å². The third kappa shape index (κ3) is 5.73. The molecule has 2 rings (SSSR count). The highest BCUT2D eigenvalue weighted by Crippen LogP contribution is 2.24. The van der Waals surface area contributed by atoms with Crippen LogP contribution in [0.1, 0.15) is 36.2 Å². The third-order valence-electron chi connectivity index (χ3n) is 3.30. The summed E-state index contributed by atoms with van der Waals surface area (Å²) in [5.41, 5.74) is 5.23. The molecule has 0 unspecified atom stereocenters. The molecule has 0 saturated carbocycles. The first-order valence-corrected chi connectivity index (χ1v) is 8.75. The molecule has 0 saturated heterocycles. The fourth-order valence-corrected chi connectivity index (χ4v) is 2.72. The van der Waals surface area contributed by atoms with Crippen LogP contribution in [0, 0.1) is 0 Å². The molecule has 0 aliphatic carbocycles. The van der Waals surface area contributed by atoms with Crippen LogP contribution in [-0.4, -0.2) is 11.6 Å².